The SMILES string of the molecule is Cl.NC(CO)(CO)CCc1ccc(OCCCc2ccc(F)cc2F)c(C(F)(F)F)c1. The van der Waals surface area contributed by atoms with Crippen LogP contribution in [0.1, 0.15) is 29.5 Å². The normalized spacial score (nSPS) is 11.9. The van der Waals surface area contributed by atoms with Crippen LogP contribution in [-0.2, 0) is 19.0 Å². The van der Waals surface area contributed by atoms with Crippen molar-refractivity contribution in [1.29, 1.82) is 0 Å². The van der Waals surface area contributed by atoms with Gasteiger partial charge in [-0.1, -0.05) is 12.1 Å². The fourth-order valence-electron chi connectivity index (χ4n) is 2.85. The molecule has 10 heteroatoms. The van der Waals surface area contributed by atoms with E-state index >= 15 is 0 Å². The number of ether oxygens (including phenoxy) is 1. The Kier molecular flexibility index (Phi) is 10.2. The molecule has 0 saturated heterocycles. The number of alkyl halides is 3. The number of halogens is 6. The summed E-state index contributed by atoms with van der Waals surface area (Å²) in [7, 11) is 0. The van der Waals surface area contributed by atoms with Gasteiger partial charge in [0.05, 0.1) is 30.9 Å². The van der Waals surface area contributed by atoms with E-state index in [1.807, 2.05) is 0 Å². The lowest BCUT2D eigenvalue weighted by Crippen LogP contribution is -2.47. The van der Waals surface area contributed by atoms with Gasteiger partial charge in [-0.05, 0) is 55.0 Å². The van der Waals surface area contributed by atoms with Gasteiger partial charge in [0.15, 0.2) is 0 Å². The van der Waals surface area contributed by atoms with Crippen LogP contribution in [-0.4, -0.2) is 35.6 Å². The molecule has 0 aliphatic rings. The maximum absolute atomic E-state index is 13.6. The predicted molar refractivity (Wildman–Crippen MR) is 108 cm³/mol. The first-order chi connectivity index (χ1) is 14.1. The Labute approximate surface area is 183 Å². The van der Waals surface area contributed by atoms with Crippen LogP contribution in [0.25, 0.3) is 0 Å². The molecule has 2 rings (SSSR count). The fraction of sp³-hybridized carbons (Fsp3) is 0.429. The van der Waals surface area contributed by atoms with Crippen LogP contribution >= 0.6 is 12.4 Å². The van der Waals surface area contributed by atoms with Crippen LogP contribution in [0.2, 0.25) is 0 Å². The first kappa shape index (κ1) is 27.1. The summed E-state index contributed by atoms with van der Waals surface area (Å²) in [6.45, 7) is -1.07. The van der Waals surface area contributed by atoms with Crippen molar-refractivity contribution in [3.05, 3.63) is 64.7 Å². The average molecular weight is 470 g/mol. The number of benzene rings is 2. The molecule has 0 amide bonds. The third-order valence-electron chi connectivity index (χ3n) is 4.75. The highest BCUT2D eigenvalue weighted by Gasteiger charge is 2.35. The second-order valence-corrected chi connectivity index (χ2v) is 7.19. The molecule has 0 aliphatic heterocycles. The fourth-order valence-corrected chi connectivity index (χ4v) is 2.85. The third-order valence-corrected chi connectivity index (χ3v) is 4.75. The van der Waals surface area contributed by atoms with Crippen LogP contribution in [0, 0.1) is 11.6 Å². The van der Waals surface area contributed by atoms with Crippen molar-refractivity contribution in [3.63, 3.8) is 0 Å². The number of nitrogens with two attached hydrogens (primary N) is 1. The van der Waals surface area contributed by atoms with Gasteiger partial charge in [0.2, 0.25) is 0 Å². The molecular formula is C21H25ClF5NO3. The molecule has 31 heavy (non-hydrogen) atoms. The van der Waals surface area contributed by atoms with Crippen molar-refractivity contribution in [2.75, 3.05) is 19.8 Å². The van der Waals surface area contributed by atoms with Crippen molar-refractivity contribution >= 4 is 12.4 Å². The highest BCUT2D eigenvalue weighted by atomic mass is 35.5. The lowest BCUT2D eigenvalue weighted by Gasteiger charge is -2.24. The summed E-state index contributed by atoms with van der Waals surface area (Å²) in [6.07, 6.45) is -4.00. The first-order valence-corrected chi connectivity index (χ1v) is 9.35. The molecule has 0 atom stereocenters. The van der Waals surface area contributed by atoms with Crippen LogP contribution < -0.4 is 10.5 Å². The van der Waals surface area contributed by atoms with Crippen molar-refractivity contribution < 1.29 is 36.9 Å². The highest BCUT2D eigenvalue weighted by molar-refractivity contribution is 5.85. The molecule has 0 aromatic heterocycles. The van der Waals surface area contributed by atoms with E-state index in [2.05, 4.69) is 0 Å². The Morgan fingerprint density at radius 1 is 0.935 bits per heavy atom. The second-order valence-electron chi connectivity index (χ2n) is 7.19. The summed E-state index contributed by atoms with van der Waals surface area (Å²) in [6, 6.07) is 6.76. The van der Waals surface area contributed by atoms with E-state index in [-0.39, 0.29) is 56.0 Å². The molecule has 0 bridgehead atoms. The van der Waals surface area contributed by atoms with E-state index in [0.29, 0.717) is 5.56 Å². The smallest absolute Gasteiger partial charge is 0.419 e. The van der Waals surface area contributed by atoms with E-state index in [9.17, 15) is 32.2 Å². The molecule has 4 nitrogen and oxygen atoms in total. The van der Waals surface area contributed by atoms with E-state index in [4.69, 9.17) is 10.5 Å². The van der Waals surface area contributed by atoms with Gasteiger partial charge >= 0.3 is 6.18 Å². The number of aryl methyl sites for hydroxylation is 2. The molecule has 0 radical (unpaired) electrons. The zero-order valence-electron chi connectivity index (χ0n) is 16.6. The maximum atomic E-state index is 13.6. The van der Waals surface area contributed by atoms with Crippen LogP contribution in [0.5, 0.6) is 5.75 Å². The minimum Gasteiger partial charge on any atom is -0.493 e. The van der Waals surface area contributed by atoms with Gasteiger partial charge in [-0.3, -0.25) is 0 Å². The van der Waals surface area contributed by atoms with Crippen molar-refractivity contribution in [2.45, 2.75) is 37.4 Å². The summed E-state index contributed by atoms with van der Waals surface area (Å²) in [5.41, 5.74) is 4.11. The van der Waals surface area contributed by atoms with Gasteiger partial charge in [0, 0.05) is 6.07 Å². The van der Waals surface area contributed by atoms with Crippen molar-refractivity contribution in [3.8, 4) is 5.75 Å². The van der Waals surface area contributed by atoms with Crippen LogP contribution in [0.3, 0.4) is 0 Å². The number of rotatable bonds is 10. The lowest BCUT2D eigenvalue weighted by molar-refractivity contribution is -0.139. The summed E-state index contributed by atoms with van der Waals surface area (Å²) in [4.78, 5) is 0. The number of hydrogen-bond donors (Lipinski definition) is 3. The number of aliphatic hydroxyl groups excluding tert-OH is 2. The van der Waals surface area contributed by atoms with Crippen molar-refractivity contribution in [1.82, 2.24) is 0 Å². The first-order valence-electron chi connectivity index (χ1n) is 9.35. The average Bonchev–Trinajstić information content (AvgIpc) is 2.70. The Balaban J connectivity index is 0.00000480. The second kappa shape index (κ2) is 11.6. The lowest BCUT2D eigenvalue weighted by atomic mass is 9.93. The van der Waals surface area contributed by atoms with E-state index in [1.165, 1.54) is 18.2 Å². The van der Waals surface area contributed by atoms with E-state index in [0.717, 1.165) is 18.2 Å². The maximum Gasteiger partial charge on any atom is 0.419 e. The summed E-state index contributed by atoms with van der Waals surface area (Å²) < 4.78 is 72.1. The topological polar surface area (TPSA) is 75.7 Å². The van der Waals surface area contributed by atoms with Gasteiger partial charge in [-0.15, -0.1) is 12.4 Å². The van der Waals surface area contributed by atoms with Crippen molar-refractivity contribution in [2.24, 2.45) is 5.73 Å². The predicted octanol–water partition coefficient (Wildman–Crippen LogP) is 4.03. The molecule has 4 N–H and O–H groups in total. The Morgan fingerprint density at radius 3 is 2.19 bits per heavy atom. The van der Waals surface area contributed by atoms with E-state index in [1.54, 1.807) is 0 Å². The largest absolute Gasteiger partial charge is 0.493 e. The Hall–Kier alpha value is -1.94. The summed E-state index contributed by atoms with van der Waals surface area (Å²) in [5.74, 6) is -1.77. The molecule has 0 heterocycles. The van der Waals surface area contributed by atoms with Crippen LogP contribution in [0.15, 0.2) is 36.4 Å². The number of aliphatic hydroxyl groups is 2. The quantitative estimate of drug-likeness (QED) is 0.363. The molecular weight excluding hydrogens is 445 g/mol. The molecule has 0 unspecified atom stereocenters. The molecule has 174 valence electrons. The molecule has 0 aliphatic carbocycles. The zero-order valence-corrected chi connectivity index (χ0v) is 17.4. The minimum atomic E-state index is -4.65. The van der Waals surface area contributed by atoms with Gasteiger partial charge in [0.1, 0.15) is 17.4 Å². The minimum absolute atomic E-state index is 0. The third kappa shape index (κ3) is 7.92. The molecule has 0 saturated carbocycles. The van der Waals surface area contributed by atoms with Gasteiger partial charge in [-0.2, -0.15) is 13.2 Å². The molecule has 2 aromatic rings. The molecule has 2 aromatic carbocycles. The van der Waals surface area contributed by atoms with Gasteiger partial charge < -0.3 is 20.7 Å². The number of hydrogen-bond acceptors (Lipinski definition) is 4. The summed E-state index contributed by atoms with van der Waals surface area (Å²) >= 11 is 0. The van der Waals surface area contributed by atoms with Gasteiger partial charge in [0.25, 0.3) is 0 Å². The summed E-state index contributed by atoms with van der Waals surface area (Å²) in [5, 5.41) is 18.4. The van der Waals surface area contributed by atoms with Crippen LogP contribution in [0.4, 0.5) is 22.0 Å². The molecule has 0 fully saturated rings. The highest BCUT2D eigenvalue weighted by Crippen LogP contribution is 2.37. The van der Waals surface area contributed by atoms with Gasteiger partial charge in [-0.25, -0.2) is 8.78 Å². The monoisotopic (exact) mass is 469 g/mol. The zero-order chi connectivity index (χ0) is 22.4. The molecule has 0 spiro atoms. The van der Waals surface area contributed by atoms with E-state index < -0.39 is 42.1 Å². The standard InChI is InChI=1S/C21H24F5NO3.ClH/c22-16-5-4-15(18(23)11-16)2-1-9-30-19-6-3-14(10-17(19)21(24,25)26)7-8-20(27,12-28)13-29;/h3-6,10-11,28-29H,1-2,7-9,12-13,27H2;1H. The Morgan fingerprint density at radius 2 is 1.61 bits per heavy atom. The Bertz CT molecular complexity index is 844.